The number of hydrogen-bond acceptors (Lipinski definition) is 6. The number of fused-ring (bicyclic) bond motifs is 13. The van der Waals surface area contributed by atoms with Crippen molar-refractivity contribution in [3.8, 4) is 22.3 Å². The molecule has 0 bridgehead atoms. The van der Waals surface area contributed by atoms with E-state index in [2.05, 4.69) is 134 Å². The molecule has 11 nitrogen and oxygen atoms in total. The van der Waals surface area contributed by atoms with Crippen LogP contribution in [0.5, 0.6) is 0 Å². The SMILES string of the molecule is CN1CCN2c3cc4cc(-c5ccc6[nH]c7ccc(-c8ccc9c(c8)cc8n9NC(=O)C9CN(C)CCN89)cc7c6c5)ccc4n3NC(=O)C2C1. The van der Waals surface area contributed by atoms with E-state index >= 15 is 0 Å². The Morgan fingerprint density at radius 1 is 0.529 bits per heavy atom. The second-order valence-corrected chi connectivity index (χ2v) is 14.8. The smallest absolute Gasteiger partial charge is 0.262 e. The third-order valence-electron chi connectivity index (χ3n) is 11.6. The number of rotatable bonds is 2. The first kappa shape index (κ1) is 29.0. The van der Waals surface area contributed by atoms with Crippen LogP contribution in [-0.4, -0.2) is 101 Å². The number of piperazine rings is 2. The van der Waals surface area contributed by atoms with Gasteiger partial charge in [0.05, 0.1) is 11.0 Å². The molecule has 11 rings (SSSR count). The van der Waals surface area contributed by atoms with Crippen LogP contribution in [0.1, 0.15) is 0 Å². The van der Waals surface area contributed by atoms with Gasteiger partial charge in [0.2, 0.25) is 0 Å². The van der Waals surface area contributed by atoms with E-state index in [1.54, 1.807) is 0 Å². The zero-order valence-electron chi connectivity index (χ0n) is 28.5. The molecule has 4 aromatic carbocycles. The van der Waals surface area contributed by atoms with Gasteiger partial charge in [0, 0.05) is 71.8 Å². The maximum absolute atomic E-state index is 13.0. The van der Waals surface area contributed by atoms with Crippen LogP contribution in [0.15, 0.2) is 84.9 Å². The molecular formula is C40H37N9O2. The first-order valence-corrected chi connectivity index (χ1v) is 17.8. The normalized spacial score (nSPS) is 20.8. The molecular weight excluding hydrogens is 639 g/mol. The van der Waals surface area contributed by atoms with Crippen molar-refractivity contribution in [1.82, 2.24) is 24.1 Å². The minimum absolute atomic E-state index is 0.0461. The summed E-state index contributed by atoms with van der Waals surface area (Å²) in [7, 11) is 4.15. The predicted molar refractivity (Wildman–Crippen MR) is 204 cm³/mol. The minimum Gasteiger partial charge on any atom is -0.355 e. The monoisotopic (exact) mass is 675 g/mol. The predicted octanol–water partition coefficient (Wildman–Crippen LogP) is 4.97. The van der Waals surface area contributed by atoms with Gasteiger partial charge in [-0.2, -0.15) is 0 Å². The molecule has 254 valence electrons. The third-order valence-corrected chi connectivity index (χ3v) is 11.6. The maximum Gasteiger partial charge on any atom is 0.262 e. The number of benzene rings is 4. The van der Waals surface area contributed by atoms with Crippen molar-refractivity contribution in [3.63, 3.8) is 0 Å². The summed E-state index contributed by atoms with van der Waals surface area (Å²) in [5.41, 5.74) is 15.1. The summed E-state index contributed by atoms with van der Waals surface area (Å²) in [6.07, 6.45) is 0. The molecule has 0 spiro atoms. The highest BCUT2D eigenvalue weighted by Gasteiger charge is 2.38. The lowest BCUT2D eigenvalue weighted by atomic mass is 9.99. The van der Waals surface area contributed by atoms with E-state index in [0.717, 1.165) is 106 Å². The van der Waals surface area contributed by atoms with E-state index < -0.39 is 0 Å². The molecule has 0 saturated carbocycles. The van der Waals surface area contributed by atoms with Crippen LogP contribution < -0.4 is 20.7 Å². The summed E-state index contributed by atoms with van der Waals surface area (Å²) in [5.74, 6) is 2.19. The van der Waals surface area contributed by atoms with Crippen molar-refractivity contribution in [3.05, 3.63) is 84.9 Å². The maximum atomic E-state index is 13.0. The summed E-state index contributed by atoms with van der Waals surface area (Å²) < 4.78 is 3.90. The summed E-state index contributed by atoms with van der Waals surface area (Å²) in [6, 6.07) is 30.4. The van der Waals surface area contributed by atoms with E-state index in [9.17, 15) is 9.59 Å². The number of aromatic amines is 1. The van der Waals surface area contributed by atoms with Gasteiger partial charge in [-0.25, -0.2) is 9.35 Å². The Hall–Kier alpha value is -5.78. The Morgan fingerprint density at radius 2 is 0.961 bits per heavy atom. The van der Waals surface area contributed by atoms with Gasteiger partial charge in [-0.1, -0.05) is 24.3 Å². The molecule has 7 aromatic rings. The second-order valence-electron chi connectivity index (χ2n) is 14.8. The number of nitrogens with zero attached hydrogens (tertiary/aromatic N) is 6. The molecule has 3 N–H and O–H groups in total. The lowest BCUT2D eigenvalue weighted by Gasteiger charge is -2.43. The number of carbonyl (C=O) groups excluding carboxylic acids is 2. The molecule has 2 unspecified atom stereocenters. The van der Waals surface area contributed by atoms with Crippen molar-refractivity contribution in [1.29, 1.82) is 0 Å². The number of likely N-dealkylation sites (N-methyl/N-ethyl adjacent to an activating group) is 2. The average Bonchev–Trinajstić information content (AvgIpc) is 3.82. The van der Waals surface area contributed by atoms with Gasteiger partial charge in [0.15, 0.2) is 0 Å². The van der Waals surface area contributed by atoms with Crippen LogP contribution in [0, 0.1) is 0 Å². The van der Waals surface area contributed by atoms with Gasteiger partial charge in [0.1, 0.15) is 23.7 Å². The van der Waals surface area contributed by atoms with Crippen molar-refractivity contribution in [2.75, 3.05) is 74.0 Å². The Balaban J connectivity index is 0.954. The lowest BCUT2D eigenvalue weighted by Crippen LogP contribution is -2.61. The molecule has 2 fully saturated rings. The first-order valence-electron chi connectivity index (χ1n) is 17.8. The molecule has 2 amide bonds. The van der Waals surface area contributed by atoms with Crippen LogP contribution in [-0.2, 0) is 9.59 Å². The van der Waals surface area contributed by atoms with Gasteiger partial charge < -0.3 is 24.6 Å². The zero-order valence-corrected chi connectivity index (χ0v) is 28.5. The van der Waals surface area contributed by atoms with Crippen molar-refractivity contribution in [2.45, 2.75) is 12.1 Å². The van der Waals surface area contributed by atoms with Crippen molar-refractivity contribution < 1.29 is 9.59 Å². The number of hydrogen-bond donors (Lipinski definition) is 3. The lowest BCUT2D eigenvalue weighted by molar-refractivity contribution is -0.120. The highest BCUT2D eigenvalue weighted by atomic mass is 16.2. The fraction of sp³-hybridized carbons (Fsp3) is 0.250. The molecule has 7 heterocycles. The highest BCUT2D eigenvalue weighted by molar-refractivity contribution is 6.10. The summed E-state index contributed by atoms with van der Waals surface area (Å²) in [6.45, 7) is 4.98. The summed E-state index contributed by atoms with van der Waals surface area (Å²) in [4.78, 5) is 38.6. The van der Waals surface area contributed by atoms with Crippen molar-refractivity contribution >= 4 is 67.1 Å². The fourth-order valence-corrected chi connectivity index (χ4v) is 8.88. The van der Waals surface area contributed by atoms with Crippen molar-refractivity contribution in [2.24, 2.45) is 0 Å². The molecule has 4 aliphatic rings. The zero-order chi connectivity index (χ0) is 34.1. The summed E-state index contributed by atoms with van der Waals surface area (Å²) >= 11 is 0. The van der Waals surface area contributed by atoms with Crippen LogP contribution in [0.4, 0.5) is 11.6 Å². The van der Waals surface area contributed by atoms with Gasteiger partial charge in [-0.15, -0.1) is 0 Å². The van der Waals surface area contributed by atoms with Gasteiger partial charge in [-0.3, -0.25) is 20.4 Å². The molecule has 0 aliphatic carbocycles. The van der Waals surface area contributed by atoms with E-state index in [0.29, 0.717) is 0 Å². The molecule has 4 aliphatic heterocycles. The Bertz CT molecular complexity index is 2450. The number of aromatic nitrogens is 3. The topological polar surface area (TPSA) is 96.8 Å². The number of nitrogens with one attached hydrogen (secondary N) is 3. The van der Waals surface area contributed by atoms with Gasteiger partial charge in [-0.05, 0) is 97.0 Å². The van der Waals surface area contributed by atoms with E-state index in [-0.39, 0.29) is 23.9 Å². The number of amides is 2. The first-order chi connectivity index (χ1) is 24.9. The summed E-state index contributed by atoms with van der Waals surface area (Å²) in [5, 5.41) is 4.57. The Kier molecular flexibility index (Phi) is 5.90. The minimum atomic E-state index is -0.169. The Morgan fingerprint density at radius 3 is 1.43 bits per heavy atom. The third kappa shape index (κ3) is 4.25. The largest absolute Gasteiger partial charge is 0.355 e. The number of H-pyrrole nitrogens is 1. The quantitative estimate of drug-likeness (QED) is 0.240. The number of carbonyl (C=O) groups is 2. The molecule has 51 heavy (non-hydrogen) atoms. The fourth-order valence-electron chi connectivity index (χ4n) is 8.88. The number of anilines is 2. The van der Waals surface area contributed by atoms with Gasteiger partial charge >= 0.3 is 0 Å². The van der Waals surface area contributed by atoms with Gasteiger partial charge in [0.25, 0.3) is 11.8 Å². The van der Waals surface area contributed by atoms with E-state index in [4.69, 9.17) is 0 Å². The standard InChI is InChI=1S/C40H37N9O2/c1-44-11-13-46-35(21-44)39(50)42-48-33-9-5-23(15-27(33)19-37(46)48)25-3-7-31-29(17-25)30-18-26(4-8-32(30)41-31)24-6-10-34-28(16-24)20-38-47-14-12-45(2)22-36(47)40(51)43-49(34)38/h3-10,15-20,35-36,41H,11-14,21-22H2,1-2H3,(H,42,50)(H,43,51). The highest BCUT2D eigenvalue weighted by Crippen LogP contribution is 2.38. The second kappa shape index (κ2) is 10.4. The molecule has 3 aromatic heterocycles. The van der Waals surface area contributed by atoms with Crippen LogP contribution in [0.25, 0.3) is 65.9 Å². The van der Waals surface area contributed by atoms with Crippen LogP contribution >= 0.6 is 0 Å². The van der Waals surface area contributed by atoms with Crippen LogP contribution in [0.3, 0.4) is 0 Å². The molecule has 11 heteroatoms. The average molecular weight is 676 g/mol. The molecule has 0 radical (unpaired) electrons. The van der Waals surface area contributed by atoms with E-state index in [1.807, 2.05) is 9.35 Å². The van der Waals surface area contributed by atoms with E-state index in [1.165, 1.54) is 10.8 Å². The Labute approximate surface area is 293 Å². The molecule has 2 saturated heterocycles. The molecule has 2 atom stereocenters. The van der Waals surface area contributed by atoms with Crippen LogP contribution in [0.2, 0.25) is 0 Å².